The number of anilines is 1. The van der Waals surface area contributed by atoms with Crippen LogP contribution in [0.1, 0.15) is 32.6 Å². The highest BCUT2D eigenvalue weighted by Crippen LogP contribution is 2.27. The Morgan fingerprint density at radius 3 is 2.83 bits per heavy atom. The lowest BCUT2D eigenvalue weighted by atomic mass is 10.1. The number of pyridine rings is 1. The van der Waals surface area contributed by atoms with Gasteiger partial charge in [0.25, 0.3) is 0 Å². The van der Waals surface area contributed by atoms with Gasteiger partial charge in [0.15, 0.2) is 5.65 Å². The Morgan fingerprint density at radius 2 is 2.03 bits per heavy atom. The topological polar surface area (TPSA) is 81.0 Å². The fraction of sp³-hybridized carbons (Fsp3) is 0.524. The molecule has 0 aromatic carbocycles. The highest BCUT2D eigenvalue weighted by Gasteiger charge is 2.17. The second-order valence-electron chi connectivity index (χ2n) is 7.49. The Labute approximate surface area is 185 Å². The molecule has 160 valence electrons. The molecule has 0 amide bonds. The molecule has 1 saturated heterocycles. The molecule has 4 rings (SSSR count). The summed E-state index contributed by atoms with van der Waals surface area (Å²) in [5, 5.41) is 8.97. The molecule has 9 heteroatoms. The van der Waals surface area contributed by atoms with Gasteiger partial charge in [0.1, 0.15) is 17.0 Å². The van der Waals surface area contributed by atoms with E-state index in [1.807, 2.05) is 24.4 Å². The largest absolute Gasteiger partial charge is 0.359 e. The van der Waals surface area contributed by atoms with Gasteiger partial charge in [-0.1, -0.05) is 19.4 Å². The highest BCUT2D eigenvalue weighted by atomic mass is 79.9. The van der Waals surface area contributed by atoms with Gasteiger partial charge in [0.05, 0.1) is 11.1 Å². The van der Waals surface area contributed by atoms with Gasteiger partial charge >= 0.3 is 0 Å². The molecule has 0 spiro atoms. The third-order valence-corrected chi connectivity index (χ3v) is 5.61. The number of likely N-dealkylation sites (tertiary alicyclic amines) is 1. The lowest BCUT2D eigenvalue weighted by molar-refractivity contribution is 0.0721. The molecule has 0 aliphatic carbocycles. The zero-order valence-electron chi connectivity index (χ0n) is 17.3. The lowest BCUT2D eigenvalue weighted by Crippen LogP contribution is -2.33. The minimum absolute atomic E-state index is 0.350. The van der Waals surface area contributed by atoms with Gasteiger partial charge in [0.2, 0.25) is 5.95 Å². The summed E-state index contributed by atoms with van der Waals surface area (Å²) in [4.78, 5) is 16.3. The smallest absolute Gasteiger partial charge is 0.224 e. The average Bonchev–Trinajstić information content (AvgIpc) is 3.13. The highest BCUT2D eigenvalue weighted by molar-refractivity contribution is 9.10. The molecule has 0 unspecified atom stereocenters. The molecule has 0 saturated carbocycles. The molecule has 0 radical (unpaired) electrons. The fourth-order valence-electron chi connectivity index (χ4n) is 3.67. The molecule has 3 aromatic heterocycles. The molecular weight excluding hydrogens is 446 g/mol. The number of fused-ring (bicyclic) bond motifs is 1. The SMILES string of the molecule is CCCOCn1nc(-c2cccc(Br)n2)c2cnc(NCCN3CCCCC3)nc21. The van der Waals surface area contributed by atoms with Crippen LogP contribution in [0.25, 0.3) is 22.4 Å². The molecule has 0 bridgehead atoms. The van der Waals surface area contributed by atoms with Gasteiger partial charge in [-0.15, -0.1) is 0 Å². The maximum atomic E-state index is 5.73. The first kappa shape index (κ1) is 21.1. The predicted molar refractivity (Wildman–Crippen MR) is 121 cm³/mol. The van der Waals surface area contributed by atoms with Gasteiger partial charge < -0.3 is 15.0 Å². The van der Waals surface area contributed by atoms with E-state index in [1.165, 1.54) is 32.4 Å². The van der Waals surface area contributed by atoms with Crippen molar-refractivity contribution in [3.63, 3.8) is 0 Å². The summed E-state index contributed by atoms with van der Waals surface area (Å²) in [5.41, 5.74) is 2.28. The molecule has 4 heterocycles. The monoisotopic (exact) mass is 473 g/mol. The Morgan fingerprint density at radius 1 is 1.17 bits per heavy atom. The molecule has 1 aliphatic heterocycles. The number of hydrogen-bond donors (Lipinski definition) is 1. The minimum atomic E-state index is 0.350. The predicted octanol–water partition coefficient (Wildman–Crippen LogP) is 3.93. The van der Waals surface area contributed by atoms with Gasteiger partial charge in [-0.05, 0) is 60.4 Å². The van der Waals surface area contributed by atoms with Crippen LogP contribution in [0.15, 0.2) is 29.0 Å². The number of rotatable bonds is 9. The number of halogens is 1. The number of piperidine rings is 1. The van der Waals surface area contributed by atoms with Gasteiger partial charge in [-0.3, -0.25) is 0 Å². The van der Waals surface area contributed by atoms with E-state index in [2.05, 4.69) is 43.0 Å². The normalized spacial score (nSPS) is 15.0. The van der Waals surface area contributed by atoms with Crippen LogP contribution < -0.4 is 5.32 Å². The molecule has 1 fully saturated rings. The second kappa shape index (κ2) is 10.3. The van der Waals surface area contributed by atoms with Crippen LogP contribution in [0.4, 0.5) is 5.95 Å². The summed E-state index contributed by atoms with van der Waals surface area (Å²) in [7, 11) is 0. The summed E-state index contributed by atoms with van der Waals surface area (Å²) in [6.45, 7) is 7.32. The lowest BCUT2D eigenvalue weighted by Gasteiger charge is -2.26. The summed E-state index contributed by atoms with van der Waals surface area (Å²) in [6.07, 6.45) is 6.73. The minimum Gasteiger partial charge on any atom is -0.359 e. The third-order valence-electron chi connectivity index (χ3n) is 5.17. The van der Waals surface area contributed by atoms with Crippen molar-refractivity contribution >= 4 is 32.9 Å². The Hall–Kier alpha value is -2.10. The second-order valence-corrected chi connectivity index (χ2v) is 8.30. The molecule has 30 heavy (non-hydrogen) atoms. The average molecular weight is 474 g/mol. The fourth-order valence-corrected chi connectivity index (χ4v) is 4.01. The van der Waals surface area contributed by atoms with Crippen LogP contribution in [0, 0.1) is 0 Å². The van der Waals surface area contributed by atoms with E-state index >= 15 is 0 Å². The van der Waals surface area contributed by atoms with Crippen molar-refractivity contribution in [2.24, 2.45) is 0 Å². The van der Waals surface area contributed by atoms with Gasteiger partial charge in [0, 0.05) is 25.9 Å². The van der Waals surface area contributed by atoms with E-state index in [4.69, 9.17) is 14.8 Å². The molecular formula is C21H28BrN7O. The molecule has 3 aromatic rings. The Bertz CT molecular complexity index is 971. The first-order chi connectivity index (χ1) is 14.7. The summed E-state index contributed by atoms with van der Waals surface area (Å²) in [6, 6.07) is 5.78. The van der Waals surface area contributed by atoms with E-state index in [0.717, 1.165) is 46.5 Å². The summed E-state index contributed by atoms with van der Waals surface area (Å²) in [5.74, 6) is 0.616. The van der Waals surface area contributed by atoms with Crippen molar-refractivity contribution in [1.82, 2.24) is 29.6 Å². The number of ether oxygens (including phenoxy) is 1. The van der Waals surface area contributed by atoms with Crippen LogP contribution in [0.2, 0.25) is 0 Å². The van der Waals surface area contributed by atoms with Crippen LogP contribution in [-0.2, 0) is 11.5 Å². The maximum absolute atomic E-state index is 5.73. The van der Waals surface area contributed by atoms with Crippen LogP contribution in [0.5, 0.6) is 0 Å². The van der Waals surface area contributed by atoms with Crippen molar-refractivity contribution in [3.05, 3.63) is 29.0 Å². The summed E-state index contributed by atoms with van der Waals surface area (Å²) >= 11 is 3.44. The quantitative estimate of drug-likeness (QED) is 0.372. The van der Waals surface area contributed by atoms with Crippen molar-refractivity contribution in [3.8, 4) is 11.4 Å². The number of nitrogens with zero attached hydrogens (tertiary/aromatic N) is 6. The van der Waals surface area contributed by atoms with E-state index < -0.39 is 0 Å². The van der Waals surface area contributed by atoms with E-state index in [0.29, 0.717) is 19.3 Å². The van der Waals surface area contributed by atoms with Crippen LogP contribution >= 0.6 is 15.9 Å². The zero-order valence-corrected chi connectivity index (χ0v) is 18.9. The standard InChI is InChI=1S/C21H28BrN7O/c1-2-13-30-15-29-20-16(19(27-29)17-7-6-8-18(22)25-17)14-24-21(26-20)23-9-12-28-10-4-3-5-11-28/h6-8,14H,2-5,9-13,15H2,1H3,(H,23,24,26). The maximum Gasteiger partial charge on any atom is 0.224 e. The zero-order chi connectivity index (χ0) is 20.8. The Kier molecular flexibility index (Phi) is 7.24. The molecule has 1 N–H and O–H groups in total. The van der Waals surface area contributed by atoms with E-state index in [-0.39, 0.29) is 0 Å². The van der Waals surface area contributed by atoms with Crippen LogP contribution in [0.3, 0.4) is 0 Å². The van der Waals surface area contributed by atoms with Gasteiger partial charge in [-0.25, -0.2) is 14.6 Å². The third kappa shape index (κ3) is 5.14. The van der Waals surface area contributed by atoms with Crippen molar-refractivity contribution < 1.29 is 4.74 Å². The number of nitrogens with one attached hydrogen (secondary N) is 1. The van der Waals surface area contributed by atoms with Crippen molar-refractivity contribution in [1.29, 1.82) is 0 Å². The first-order valence-corrected chi connectivity index (χ1v) is 11.4. The molecule has 8 nitrogen and oxygen atoms in total. The van der Waals surface area contributed by atoms with Crippen molar-refractivity contribution in [2.75, 3.05) is 38.1 Å². The molecule has 0 atom stereocenters. The van der Waals surface area contributed by atoms with Crippen molar-refractivity contribution in [2.45, 2.75) is 39.3 Å². The van der Waals surface area contributed by atoms with E-state index in [9.17, 15) is 0 Å². The summed E-state index contributed by atoms with van der Waals surface area (Å²) < 4.78 is 8.29. The number of aromatic nitrogens is 5. The van der Waals surface area contributed by atoms with Gasteiger partial charge in [-0.2, -0.15) is 10.1 Å². The molecule has 1 aliphatic rings. The first-order valence-electron chi connectivity index (χ1n) is 10.6. The van der Waals surface area contributed by atoms with E-state index in [1.54, 1.807) is 4.68 Å². The number of hydrogen-bond acceptors (Lipinski definition) is 7. The van der Waals surface area contributed by atoms with Crippen LogP contribution in [-0.4, -0.2) is 62.4 Å². The Balaban J connectivity index is 1.56.